The van der Waals surface area contributed by atoms with Crippen LogP contribution in [0.25, 0.3) is 0 Å². The predicted octanol–water partition coefficient (Wildman–Crippen LogP) is 2.17. The maximum atomic E-state index is 10.7. The Morgan fingerprint density at radius 1 is 0.471 bits per heavy atom. The summed E-state index contributed by atoms with van der Waals surface area (Å²) in [6.07, 6.45) is 2.67. The summed E-state index contributed by atoms with van der Waals surface area (Å²) in [5.41, 5.74) is -15.2. The van der Waals surface area contributed by atoms with E-state index in [1.165, 1.54) is 47.3 Å². The van der Waals surface area contributed by atoms with Crippen molar-refractivity contribution in [3.05, 3.63) is 34.4 Å². The fourth-order valence-electron chi connectivity index (χ4n) is 10.2. The average molecular weight is 1120 g/mol. The van der Waals surface area contributed by atoms with Crippen molar-refractivity contribution in [1.29, 1.82) is 0 Å². The van der Waals surface area contributed by atoms with Crippen molar-refractivity contribution in [1.82, 2.24) is 9.13 Å². The number of hydrogen-bond acceptors (Lipinski definition) is 12. The molecule has 4 saturated heterocycles. The summed E-state index contributed by atoms with van der Waals surface area (Å²) >= 11 is 0. The van der Waals surface area contributed by atoms with Crippen LogP contribution in [0.15, 0.2) is 0 Å². The summed E-state index contributed by atoms with van der Waals surface area (Å²) < 4.78 is 245. The SMILES string of the molecule is Cc1c(C)[n+](C)c([C@@H]2[C@@H]3[NH+]2C(C)(C)CC3(C)C)n1C.Cc1c(C)[n+](C)c([C@H]2[C@H]3[NH+]2C(C)(C)CC3(C)C)n1C.O=S(=O)([O-])C(F)(F)F.O=S(=O)([O-])C(F)(F)F.O=S(=O)([O-])C(F)(F)F.O=S(=O)([O-])C(F)(F)F. The molecule has 0 bridgehead atoms. The molecular weight excluding hydrogens is 1060 g/mol. The van der Waals surface area contributed by atoms with E-state index in [4.69, 9.17) is 51.9 Å². The van der Waals surface area contributed by atoms with Gasteiger partial charge in [0.15, 0.2) is 52.6 Å². The molecule has 34 heteroatoms. The minimum atomic E-state index is -6.09. The minimum Gasteiger partial charge on any atom is -0.741 e. The second kappa shape index (κ2) is 19.8. The van der Waals surface area contributed by atoms with Crippen LogP contribution in [0.2, 0.25) is 0 Å². The highest BCUT2D eigenvalue weighted by molar-refractivity contribution is 7.87. The van der Waals surface area contributed by atoms with E-state index in [0.29, 0.717) is 34.0 Å². The van der Waals surface area contributed by atoms with Crippen molar-refractivity contribution in [3.8, 4) is 0 Å². The molecule has 0 aliphatic carbocycles. The highest BCUT2D eigenvalue weighted by Crippen LogP contribution is 2.49. The Morgan fingerprint density at radius 2 is 0.643 bits per heavy atom. The van der Waals surface area contributed by atoms with Gasteiger partial charge in [-0.3, -0.25) is 0 Å². The molecule has 0 radical (unpaired) electrons. The lowest BCUT2D eigenvalue weighted by Gasteiger charge is -2.23. The number of halogens is 12. The predicted molar refractivity (Wildman–Crippen MR) is 215 cm³/mol. The van der Waals surface area contributed by atoms with Gasteiger partial charge in [-0.25, -0.2) is 51.9 Å². The number of hydrogen-bond donors (Lipinski definition) is 2. The molecule has 2 unspecified atom stereocenters. The van der Waals surface area contributed by atoms with Crippen molar-refractivity contribution in [2.24, 2.45) is 39.0 Å². The molecule has 2 aromatic heterocycles. The highest BCUT2D eigenvalue weighted by Gasteiger charge is 2.78. The van der Waals surface area contributed by atoms with E-state index in [0.717, 1.165) is 12.1 Å². The first-order chi connectivity index (χ1) is 30.2. The molecule has 0 spiro atoms. The lowest BCUT2D eigenvalue weighted by atomic mass is 9.79. The van der Waals surface area contributed by atoms with Gasteiger partial charge in [0.05, 0.1) is 39.3 Å². The third kappa shape index (κ3) is 14.2. The summed E-state index contributed by atoms with van der Waals surface area (Å²) in [6, 6.07) is 2.95. The van der Waals surface area contributed by atoms with Crippen LogP contribution in [0.4, 0.5) is 52.7 Å². The van der Waals surface area contributed by atoms with Crippen LogP contribution >= 0.6 is 0 Å². The standard InChI is InChI=1S/2C16H28N3.4CHF3O3S/c2*1-10-11(2)18(8)14(17(10)7)12-13-15(3,4)9-16(5,6)19(12)13;4*2-1(3,4)8(5,6)7/h2*12-13H,9H2,1-8H3;4*(H,5,6,7)/q2*+1;;;;/p-2/t2*12-,13-,19?;;;;/m10..../s1. The summed E-state index contributed by atoms with van der Waals surface area (Å²) in [5, 5.41) is 0. The summed E-state index contributed by atoms with van der Waals surface area (Å²) in [5.74, 6) is 3.02. The number of quaternary nitrogens is 2. The largest absolute Gasteiger partial charge is 0.741 e. The average Bonchev–Trinajstić information content (AvgIpc) is 3.96. The van der Waals surface area contributed by atoms with Gasteiger partial charge < -0.3 is 28.0 Å². The number of aromatic nitrogens is 4. The molecule has 70 heavy (non-hydrogen) atoms. The van der Waals surface area contributed by atoms with E-state index in [2.05, 4.69) is 130 Å². The van der Waals surface area contributed by atoms with Crippen LogP contribution in [0.3, 0.4) is 0 Å². The number of nitrogens with one attached hydrogen (secondary N) is 2. The van der Waals surface area contributed by atoms with Gasteiger partial charge in [-0.15, -0.1) is 0 Å². The number of fused-ring (bicyclic) bond motifs is 2. The molecular formula is C36H58F12N6O12S4. The lowest BCUT2D eigenvalue weighted by Crippen LogP contribution is -3.02. The Kier molecular flexibility index (Phi) is 18.4. The van der Waals surface area contributed by atoms with Crippen LogP contribution < -0.4 is 18.9 Å². The van der Waals surface area contributed by atoms with Gasteiger partial charge in [0.25, 0.3) is 0 Å². The molecule has 6 rings (SSSR count). The number of rotatable bonds is 2. The van der Waals surface area contributed by atoms with Crippen LogP contribution in [-0.4, -0.2) is 106 Å². The quantitative estimate of drug-likeness (QED) is 0.144. The summed E-state index contributed by atoms with van der Waals surface area (Å²) in [7, 11) is -15.4. The zero-order valence-electron chi connectivity index (χ0n) is 40.6. The molecule has 6 heterocycles. The molecule has 4 fully saturated rings. The van der Waals surface area contributed by atoms with Crippen molar-refractivity contribution >= 4 is 40.5 Å². The van der Waals surface area contributed by atoms with Crippen molar-refractivity contribution in [3.63, 3.8) is 0 Å². The maximum absolute atomic E-state index is 10.7. The van der Waals surface area contributed by atoms with Gasteiger partial charge in [0, 0.05) is 51.4 Å². The van der Waals surface area contributed by atoms with Crippen LogP contribution in [-0.2, 0) is 68.7 Å². The number of alkyl halides is 12. The fourth-order valence-corrected chi connectivity index (χ4v) is 10.2. The van der Waals surface area contributed by atoms with Crippen LogP contribution in [0, 0.1) is 38.5 Å². The Morgan fingerprint density at radius 3 is 0.743 bits per heavy atom. The Balaban J connectivity index is 0.000000446. The number of imidazole rings is 2. The zero-order chi connectivity index (χ0) is 56.7. The molecule has 6 atom stereocenters. The van der Waals surface area contributed by atoms with Crippen LogP contribution in [0.5, 0.6) is 0 Å². The molecule has 0 aromatic carbocycles. The molecule has 0 saturated carbocycles. The second-order valence-corrected chi connectivity index (χ2v) is 25.3. The van der Waals surface area contributed by atoms with Gasteiger partial charge in [0.1, 0.15) is 22.8 Å². The topological polar surface area (TPSA) is 255 Å². The first kappa shape index (κ1) is 65.2. The van der Waals surface area contributed by atoms with Gasteiger partial charge in [-0.05, 0) is 27.7 Å². The van der Waals surface area contributed by atoms with E-state index in [1.807, 2.05) is 0 Å². The number of piperidine rings is 2. The third-order valence-electron chi connectivity index (χ3n) is 13.0. The molecule has 4 aliphatic rings. The van der Waals surface area contributed by atoms with E-state index in [1.54, 1.807) is 9.80 Å². The fraction of sp³-hybridized carbons (Fsp3) is 0.833. The van der Waals surface area contributed by atoms with Crippen molar-refractivity contribution in [2.45, 2.75) is 153 Å². The lowest BCUT2D eigenvalue weighted by molar-refractivity contribution is -0.847. The van der Waals surface area contributed by atoms with Crippen molar-refractivity contribution in [2.75, 3.05) is 0 Å². The smallest absolute Gasteiger partial charge is 0.485 e. The molecule has 2 aromatic rings. The molecule has 18 nitrogen and oxygen atoms in total. The van der Waals surface area contributed by atoms with E-state index in [9.17, 15) is 52.7 Å². The number of nitrogens with zero attached hydrogens (tertiary/aromatic N) is 4. The molecule has 412 valence electrons. The summed E-state index contributed by atoms with van der Waals surface area (Å²) in [4.78, 5) is 3.60. The Labute approximate surface area is 398 Å². The van der Waals surface area contributed by atoms with Gasteiger partial charge in [0.2, 0.25) is 12.1 Å². The van der Waals surface area contributed by atoms with E-state index >= 15 is 0 Å². The molecule has 2 N–H and O–H groups in total. The molecule has 4 aliphatic heterocycles. The normalized spacial score (nSPS) is 25.1. The third-order valence-corrected chi connectivity index (χ3v) is 15.2. The van der Waals surface area contributed by atoms with Gasteiger partial charge in [-0.2, -0.15) is 52.7 Å². The Hall–Kier alpha value is -2.86. The second-order valence-electron chi connectivity index (χ2n) is 19.8. The minimum absolute atomic E-state index is 0.415. The first-order valence-corrected chi connectivity index (χ1v) is 25.7. The zero-order valence-corrected chi connectivity index (χ0v) is 43.8. The van der Waals surface area contributed by atoms with E-state index < -0.39 is 62.5 Å². The first-order valence-electron chi connectivity index (χ1n) is 20.1. The maximum Gasteiger partial charge on any atom is 0.485 e. The summed E-state index contributed by atoms with van der Waals surface area (Å²) in [6.45, 7) is 28.5. The van der Waals surface area contributed by atoms with Gasteiger partial charge in [-0.1, -0.05) is 27.7 Å². The Bertz CT molecular complexity index is 2350. The van der Waals surface area contributed by atoms with Crippen LogP contribution in [0.1, 0.15) is 115 Å². The van der Waals surface area contributed by atoms with E-state index in [-0.39, 0.29) is 0 Å². The highest BCUT2D eigenvalue weighted by atomic mass is 32.2. The van der Waals surface area contributed by atoms with Gasteiger partial charge >= 0.3 is 33.7 Å². The van der Waals surface area contributed by atoms with Crippen molar-refractivity contribution < 1.29 is 124 Å². The molecule has 0 amide bonds. The monoisotopic (exact) mass is 1120 g/mol.